The Labute approximate surface area is 246 Å². The van der Waals surface area contributed by atoms with Crippen LogP contribution in [-0.4, -0.2) is 67.0 Å². The smallest absolute Gasteiger partial charge is 0.230 e. The van der Waals surface area contributed by atoms with E-state index in [1.54, 1.807) is 12.1 Å². The third kappa shape index (κ3) is 5.29. The van der Waals surface area contributed by atoms with Crippen LogP contribution in [0, 0.1) is 0 Å². The fraction of sp³-hybridized carbons (Fsp3) is 0.367. The highest BCUT2D eigenvalue weighted by Crippen LogP contribution is 2.34. The van der Waals surface area contributed by atoms with E-state index in [1.807, 2.05) is 41.3 Å². The van der Waals surface area contributed by atoms with E-state index in [0.29, 0.717) is 33.9 Å². The number of para-hydroxylation sites is 1. The van der Waals surface area contributed by atoms with Crippen LogP contribution in [-0.2, 0) is 4.79 Å². The van der Waals surface area contributed by atoms with E-state index in [0.717, 1.165) is 79.6 Å². The van der Waals surface area contributed by atoms with Crippen molar-refractivity contribution in [1.29, 1.82) is 0 Å². The highest BCUT2D eigenvalue weighted by molar-refractivity contribution is 6.42. The number of benzene rings is 2. The summed E-state index contributed by atoms with van der Waals surface area (Å²) in [4.78, 5) is 35.0. The van der Waals surface area contributed by atoms with Gasteiger partial charge in [0.1, 0.15) is 11.5 Å². The molecule has 2 saturated heterocycles. The van der Waals surface area contributed by atoms with Crippen molar-refractivity contribution in [1.82, 2.24) is 34.9 Å². The van der Waals surface area contributed by atoms with Gasteiger partial charge in [-0.1, -0.05) is 52.6 Å². The van der Waals surface area contributed by atoms with Gasteiger partial charge in [0.15, 0.2) is 0 Å². The van der Waals surface area contributed by atoms with Crippen molar-refractivity contribution in [2.75, 3.05) is 26.2 Å². The molecule has 1 amide bonds. The van der Waals surface area contributed by atoms with Crippen LogP contribution in [0.1, 0.15) is 55.8 Å². The Morgan fingerprint density at radius 2 is 1.78 bits per heavy atom. The Bertz CT molecular complexity index is 1690. The van der Waals surface area contributed by atoms with Gasteiger partial charge in [-0.25, -0.2) is 9.97 Å². The maximum atomic E-state index is 13.3. The number of piperidine rings is 1. The molecule has 0 spiro atoms. The maximum absolute atomic E-state index is 13.3. The topological polar surface area (TPSA) is 104 Å². The van der Waals surface area contributed by atoms with Gasteiger partial charge < -0.3 is 19.3 Å². The number of likely N-dealkylation sites (tertiary alicyclic amines) is 2. The second-order valence-electron chi connectivity index (χ2n) is 10.9. The molecule has 5 aromatic rings. The SMILES string of the molecule is O=C(CCN1CCC(c2nc(-c3ccc4ccccc4n3)no2)CC1)N1CCC[C@H]1c1nc2cc(Cl)c(Cl)cc2[nH]1. The average molecular weight is 591 g/mol. The zero-order valence-corrected chi connectivity index (χ0v) is 23.9. The van der Waals surface area contributed by atoms with Crippen LogP contribution in [0.4, 0.5) is 0 Å². The number of aromatic amines is 1. The molecule has 11 heteroatoms. The predicted molar refractivity (Wildman–Crippen MR) is 158 cm³/mol. The molecule has 2 fully saturated rings. The first-order valence-electron chi connectivity index (χ1n) is 14.1. The van der Waals surface area contributed by atoms with Crippen LogP contribution in [0.2, 0.25) is 10.0 Å². The molecule has 0 bridgehead atoms. The van der Waals surface area contributed by atoms with Crippen LogP contribution >= 0.6 is 23.2 Å². The number of H-pyrrole nitrogens is 1. The van der Waals surface area contributed by atoms with E-state index >= 15 is 0 Å². The molecule has 1 atom stereocenters. The predicted octanol–water partition coefficient (Wildman–Crippen LogP) is 6.40. The fourth-order valence-electron chi connectivity index (χ4n) is 6.03. The summed E-state index contributed by atoms with van der Waals surface area (Å²) in [6.45, 7) is 3.25. The summed E-state index contributed by atoms with van der Waals surface area (Å²) >= 11 is 12.3. The number of carbonyl (C=O) groups is 1. The van der Waals surface area contributed by atoms with E-state index in [1.165, 1.54) is 0 Å². The van der Waals surface area contributed by atoms with E-state index in [-0.39, 0.29) is 17.9 Å². The van der Waals surface area contributed by atoms with Crippen molar-refractivity contribution >= 4 is 51.0 Å². The summed E-state index contributed by atoms with van der Waals surface area (Å²) in [5.41, 5.74) is 3.22. The van der Waals surface area contributed by atoms with E-state index in [9.17, 15) is 4.79 Å². The molecular formula is C30H29Cl2N7O2. The third-order valence-electron chi connectivity index (χ3n) is 8.28. The zero-order chi connectivity index (χ0) is 27.9. The normalized spacial score (nSPS) is 18.6. The van der Waals surface area contributed by atoms with Crippen LogP contribution in [0.25, 0.3) is 33.5 Å². The van der Waals surface area contributed by atoms with E-state index in [4.69, 9.17) is 32.7 Å². The number of amides is 1. The zero-order valence-electron chi connectivity index (χ0n) is 22.4. The molecule has 3 aromatic heterocycles. The standard InChI is InChI=1S/C30H29Cl2N7O2/c31-20-16-24-25(17-21(20)32)35-29(34-24)26-6-3-12-39(26)27(40)11-15-38-13-9-19(10-14-38)30-36-28(37-41-30)23-8-7-18-4-1-2-5-22(18)33-23/h1-2,4-5,7-8,16-17,19,26H,3,6,9-15H2,(H,34,35)/t26-/m0/s1. The minimum atomic E-state index is -0.0537. The van der Waals surface area contributed by atoms with Crippen LogP contribution in [0.3, 0.4) is 0 Å². The number of aromatic nitrogens is 5. The molecule has 0 aliphatic carbocycles. The first-order chi connectivity index (χ1) is 20.0. The lowest BCUT2D eigenvalue weighted by molar-refractivity contribution is -0.132. The molecule has 41 heavy (non-hydrogen) atoms. The Morgan fingerprint density at radius 1 is 0.951 bits per heavy atom. The van der Waals surface area contributed by atoms with Crippen molar-refractivity contribution in [3.05, 3.63) is 70.3 Å². The molecule has 7 rings (SSSR count). The second-order valence-corrected chi connectivity index (χ2v) is 11.7. The minimum absolute atomic E-state index is 0.0537. The summed E-state index contributed by atoms with van der Waals surface area (Å²) in [7, 11) is 0. The summed E-state index contributed by atoms with van der Waals surface area (Å²) in [5, 5.41) is 6.25. The minimum Gasteiger partial charge on any atom is -0.340 e. The number of hydrogen-bond acceptors (Lipinski definition) is 7. The van der Waals surface area contributed by atoms with Gasteiger partial charge in [0.25, 0.3) is 0 Å². The molecular weight excluding hydrogens is 561 g/mol. The largest absolute Gasteiger partial charge is 0.340 e. The molecule has 1 N–H and O–H groups in total. The van der Waals surface area contributed by atoms with Crippen molar-refractivity contribution in [2.24, 2.45) is 0 Å². The van der Waals surface area contributed by atoms with Gasteiger partial charge in [-0.3, -0.25) is 4.79 Å². The molecule has 0 unspecified atom stereocenters. The van der Waals surface area contributed by atoms with E-state index in [2.05, 4.69) is 25.0 Å². The Morgan fingerprint density at radius 3 is 2.66 bits per heavy atom. The number of hydrogen-bond donors (Lipinski definition) is 1. The first-order valence-corrected chi connectivity index (χ1v) is 14.8. The monoisotopic (exact) mass is 589 g/mol. The van der Waals surface area contributed by atoms with Gasteiger partial charge in [0.2, 0.25) is 17.6 Å². The molecule has 0 radical (unpaired) electrons. The van der Waals surface area contributed by atoms with Crippen molar-refractivity contribution in [3.8, 4) is 11.5 Å². The Balaban J connectivity index is 0.937. The number of imidazole rings is 1. The van der Waals surface area contributed by atoms with Gasteiger partial charge in [0, 0.05) is 30.8 Å². The fourth-order valence-corrected chi connectivity index (χ4v) is 6.35. The molecule has 5 heterocycles. The average Bonchev–Trinajstić information content (AvgIpc) is 3.76. The Kier molecular flexibility index (Phi) is 7.10. The number of carbonyl (C=O) groups excluding carboxylic acids is 1. The molecule has 2 aliphatic heterocycles. The molecule has 0 saturated carbocycles. The molecule has 9 nitrogen and oxygen atoms in total. The van der Waals surface area contributed by atoms with Crippen molar-refractivity contribution in [3.63, 3.8) is 0 Å². The number of rotatable bonds is 6. The number of nitrogens with zero attached hydrogens (tertiary/aromatic N) is 6. The van der Waals surface area contributed by atoms with Crippen LogP contribution in [0.15, 0.2) is 53.1 Å². The second kappa shape index (κ2) is 11.0. The molecule has 210 valence electrons. The van der Waals surface area contributed by atoms with Gasteiger partial charge in [-0.2, -0.15) is 4.98 Å². The van der Waals surface area contributed by atoms with Crippen LogP contribution < -0.4 is 0 Å². The van der Waals surface area contributed by atoms with Gasteiger partial charge in [-0.15, -0.1) is 0 Å². The third-order valence-corrected chi connectivity index (χ3v) is 9.00. The van der Waals surface area contributed by atoms with Gasteiger partial charge >= 0.3 is 0 Å². The number of fused-ring (bicyclic) bond motifs is 2. The van der Waals surface area contributed by atoms with Crippen molar-refractivity contribution in [2.45, 2.75) is 44.1 Å². The lowest BCUT2D eigenvalue weighted by Gasteiger charge is -2.31. The van der Waals surface area contributed by atoms with Gasteiger partial charge in [0.05, 0.1) is 32.6 Å². The van der Waals surface area contributed by atoms with Gasteiger partial charge in [-0.05, 0) is 63.0 Å². The number of halogens is 2. The number of nitrogens with one attached hydrogen (secondary N) is 1. The van der Waals surface area contributed by atoms with E-state index < -0.39 is 0 Å². The summed E-state index contributed by atoms with van der Waals surface area (Å²) in [6, 6.07) is 15.4. The highest BCUT2D eigenvalue weighted by Gasteiger charge is 2.33. The summed E-state index contributed by atoms with van der Waals surface area (Å²) < 4.78 is 5.66. The quantitative estimate of drug-likeness (QED) is 0.244. The summed E-state index contributed by atoms with van der Waals surface area (Å²) in [5.74, 6) is 2.36. The first kappa shape index (κ1) is 26.4. The lowest BCUT2D eigenvalue weighted by Crippen LogP contribution is -2.37. The van der Waals surface area contributed by atoms with Crippen LogP contribution in [0.5, 0.6) is 0 Å². The maximum Gasteiger partial charge on any atom is 0.230 e. The Hall–Kier alpha value is -3.53. The molecule has 2 aromatic carbocycles. The lowest BCUT2D eigenvalue weighted by atomic mass is 9.96. The highest BCUT2D eigenvalue weighted by atomic mass is 35.5. The summed E-state index contributed by atoms with van der Waals surface area (Å²) in [6.07, 6.45) is 4.16. The number of pyridine rings is 1. The molecule has 2 aliphatic rings. The van der Waals surface area contributed by atoms with Crippen molar-refractivity contribution < 1.29 is 9.32 Å².